The highest BCUT2D eigenvalue weighted by Crippen LogP contribution is 2.38. The van der Waals surface area contributed by atoms with E-state index in [1.54, 1.807) is 43.7 Å². The third-order valence-electron chi connectivity index (χ3n) is 6.96. The van der Waals surface area contributed by atoms with Gasteiger partial charge in [-0.1, -0.05) is 12.1 Å². The molecule has 0 bridgehead atoms. The van der Waals surface area contributed by atoms with Crippen LogP contribution in [0.3, 0.4) is 0 Å². The van der Waals surface area contributed by atoms with Crippen molar-refractivity contribution in [2.75, 3.05) is 5.73 Å². The minimum absolute atomic E-state index is 0.0175. The van der Waals surface area contributed by atoms with Gasteiger partial charge in [-0.3, -0.25) is 9.48 Å². The van der Waals surface area contributed by atoms with E-state index in [1.165, 1.54) is 48.7 Å². The number of benzene rings is 3. The van der Waals surface area contributed by atoms with Crippen LogP contribution in [0.1, 0.15) is 32.6 Å². The quantitative estimate of drug-likeness (QED) is 0.226. The molecule has 6 aromatic rings. The van der Waals surface area contributed by atoms with Crippen molar-refractivity contribution in [1.29, 1.82) is 0 Å². The number of pyridine rings is 1. The van der Waals surface area contributed by atoms with Crippen LogP contribution in [0.2, 0.25) is 0 Å². The maximum atomic E-state index is 15.0. The van der Waals surface area contributed by atoms with Gasteiger partial charge in [-0.2, -0.15) is 5.10 Å². The molecule has 3 aromatic carbocycles. The highest BCUT2D eigenvalue weighted by atomic mass is 19.1. The van der Waals surface area contributed by atoms with Gasteiger partial charge in [-0.15, -0.1) is 0 Å². The summed E-state index contributed by atoms with van der Waals surface area (Å²) in [6, 6.07) is 14.6. The summed E-state index contributed by atoms with van der Waals surface area (Å²) in [6.45, 7) is 5.36. The Labute approximate surface area is 238 Å². The van der Waals surface area contributed by atoms with E-state index < -0.39 is 28.9 Å². The molecular weight excluding hydrogens is 545 g/mol. The number of nitrogen functional groups attached to an aromatic ring is 1. The first-order valence-electron chi connectivity index (χ1n) is 13.2. The molecule has 0 aliphatic heterocycles. The molecule has 0 unspecified atom stereocenters. The summed E-state index contributed by atoms with van der Waals surface area (Å²) in [5.41, 5.74) is 7.58. The number of halogens is 3. The van der Waals surface area contributed by atoms with Gasteiger partial charge in [-0.05, 0) is 80.9 Å². The van der Waals surface area contributed by atoms with Crippen molar-refractivity contribution in [2.24, 2.45) is 0 Å². The topological polar surface area (TPSA) is 96.2 Å². The summed E-state index contributed by atoms with van der Waals surface area (Å²) in [5, 5.41) is 5.29. The minimum Gasteiger partial charge on any atom is -0.488 e. The lowest BCUT2D eigenvalue weighted by Crippen LogP contribution is -2.16. The molecule has 1 atom stereocenters. The molecule has 2 N–H and O–H groups in total. The summed E-state index contributed by atoms with van der Waals surface area (Å²) in [4.78, 5) is 18.0. The second-order valence-electron chi connectivity index (χ2n) is 10.2. The number of hydrogen-bond donors (Lipinski definition) is 1. The first-order chi connectivity index (χ1) is 20.1. The number of fused-ring (bicyclic) bond motifs is 2. The monoisotopic (exact) mass is 570 g/mol. The average molecular weight is 571 g/mol. The average Bonchev–Trinajstić information content (AvgIpc) is 3.35. The Bertz CT molecular complexity index is 2050. The third-order valence-corrected chi connectivity index (χ3v) is 6.96. The van der Waals surface area contributed by atoms with Gasteiger partial charge < -0.3 is 14.9 Å². The second-order valence-corrected chi connectivity index (χ2v) is 10.2. The lowest BCUT2D eigenvalue weighted by atomic mass is 9.99. The lowest BCUT2D eigenvalue weighted by molar-refractivity contribution is 0.231. The molecule has 3 heterocycles. The Hall–Kier alpha value is -5.12. The largest absolute Gasteiger partial charge is 0.488 e. The standard InChI is InChI=1S/C32H25F3N4O3/c1-16(2)41-26-9-7-19(14-23(26)35)29-28-24(11-12-37-32(28)36)39(38-29)17(3)31-27(18-5-4-6-20(33)13-18)30(40)22-15-21(34)8-10-25(22)42-31/h4-17H,1-3H3,(H2,36,37)/t17-/m0/s1. The number of ether oxygens (including phenoxy) is 1. The molecular formula is C32H25F3N4O3. The zero-order chi connectivity index (χ0) is 29.7. The number of hydrogen-bond acceptors (Lipinski definition) is 6. The van der Waals surface area contributed by atoms with Gasteiger partial charge in [0.2, 0.25) is 5.43 Å². The molecule has 3 aromatic heterocycles. The first-order valence-corrected chi connectivity index (χ1v) is 13.2. The molecule has 0 aliphatic rings. The lowest BCUT2D eigenvalue weighted by Gasteiger charge is -2.18. The Kier molecular flexibility index (Phi) is 6.68. The van der Waals surface area contributed by atoms with Gasteiger partial charge in [0.1, 0.15) is 40.5 Å². The van der Waals surface area contributed by atoms with E-state index in [4.69, 9.17) is 20.0 Å². The summed E-state index contributed by atoms with van der Waals surface area (Å²) in [5.74, 6) is -1.29. The van der Waals surface area contributed by atoms with Crippen LogP contribution in [0.5, 0.6) is 5.75 Å². The molecule has 0 fully saturated rings. The smallest absolute Gasteiger partial charge is 0.200 e. The van der Waals surface area contributed by atoms with Crippen LogP contribution in [0, 0.1) is 17.5 Å². The Morgan fingerprint density at radius 1 is 0.929 bits per heavy atom. The Morgan fingerprint density at radius 2 is 1.71 bits per heavy atom. The predicted octanol–water partition coefficient (Wildman–Crippen LogP) is 7.27. The Balaban J connectivity index is 1.59. The highest BCUT2D eigenvalue weighted by Gasteiger charge is 2.27. The normalized spacial score (nSPS) is 12.4. The molecule has 10 heteroatoms. The summed E-state index contributed by atoms with van der Waals surface area (Å²) in [7, 11) is 0. The van der Waals surface area contributed by atoms with Crippen LogP contribution in [0.4, 0.5) is 19.0 Å². The van der Waals surface area contributed by atoms with Crippen molar-refractivity contribution in [3.63, 3.8) is 0 Å². The van der Waals surface area contributed by atoms with Crippen LogP contribution in [0.15, 0.2) is 82.1 Å². The number of nitrogens with two attached hydrogens (primary N) is 1. The molecule has 0 saturated carbocycles. The number of nitrogens with zero attached hydrogens (tertiary/aromatic N) is 3. The van der Waals surface area contributed by atoms with Gasteiger partial charge in [0.05, 0.1) is 28.0 Å². The molecule has 6 rings (SSSR count). The molecule has 0 amide bonds. The SMILES string of the molecule is CC(C)Oc1ccc(-c2nn([C@@H](C)c3oc4ccc(F)cc4c(=O)c3-c3cccc(F)c3)c3ccnc(N)c23)cc1F. The van der Waals surface area contributed by atoms with Gasteiger partial charge in [0.25, 0.3) is 0 Å². The van der Waals surface area contributed by atoms with Crippen molar-refractivity contribution >= 4 is 27.7 Å². The summed E-state index contributed by atoms with van der Waals surface area (Å²) in [6.07, 6.45) is 1.30. The Morgan fingerprint density at radius 3 is 2.45 bits per heavy atom. The van der Waals surface area contributed by atoms with E-state index in [-0.39, 0.29) is 45.5 Å². The number of anilines is 1. The summed E-state index contributed by atoms with van der Waals surface area (Å²) >= 11 is 0. The van der Waals surface area contributed by atoms with Crippen LogP contribution >= 0.6 is 0 Å². The molecule has 0 saturated heterocycles. The van der Waals surface area contributed by atoms with E-state index in [0.717, 1.165) is 6.07 Å². The molecule has 212 valence electrons. The maximum absolute atomic E-state index is 15.0. The van der Waals surface area contributed by atoms with E-state index in [9.17, 15) is 13.6 Å². The molecule has 0 radical (unpaired) electrons. The van der Waals surface area contributed by atoms with E-state index in [2.05, 4.69) is 4.98 Å². The minimum atomic E-state index is -0.753. The van der Waals surface area contributed by atoms with Gasteiger partial charge >= 0.3 is 0 Å². The van der Waals surface area contributed by atoms with Crippen molar-refractivity contribution < 1.29 is 22.3 Å². The number of rotatable bonds is 6. The van der Waals surface area contributed by atoms with Crippen molar-refractivity contribution in [1.82, 2.24) is 14.8 Å². The zero-order valence-electron chi connectivity index (χ0n) is 22.9. The fourth-order valence-electron chi connectivity index (χ4n) is 5.11. The second kappa shape index (κ2) is 10.4. The third kappa shape index (κ3) is 4.64. The van der Waals surface area contributed by atoms with Gasteiger partial charge in [0, 0.05) is 11.8 Å². The van der Waals surface area contributed by atoms with Crippen molar-refractivity contribution in [3.05, 3.63) is 106 Å². The van der Waals surface area contributed by atoms with Crippen molar-refractivity contribution in [2.45, 2.75) is 32.9 Å². The highest BCUT2D eigenvalue weighted by molar-refractivity contribution is 6.00. The number of aromatic nitrogens is 3. The van der Waals surface area contributed by atoms with E-state index in [0.29, 0.717) is 22.2 Å². The van der Waals surface area contributed by atoms with Crippen LogP contribution in [-0.4, -0.2) is 20.9 Å². The molecule has 42 heavy (non-hydrogen) atoms. The first kappa shape index (κ1) is 27.1. The maximum Gasteiger partial charge on any atom is 0.200 e. The predicted molar refractivity (Wildman–Crippen MR) is 155 cm³/mol. The molecule has 0 spiro atoms. The fourth-order valence-corrected chi connectivity index (χ4v) is 5.11. The van der Waals surface area contributed by atoms with E-state index >= 15 is 4.39 Å². The van der Waals surface area contributed by atoms with Gasteiger partial charge in [-0.25, -0.2) is 18.2 Å². The fraction of sp³-hybridized carbons (Fsp3) is 0.156. The van der Waals surface area contributed by atoms with Crippen LogP contribution in [-0.2, 0) is 0 Å². The summed E-state index contributed by atoms with van der Waals surface area (Å²) < 4.78 is 56.8. The zero-order valence-corrected chi connectivity index (χ0v) is 22.9. The molecule has 7 nitrogen and oxygen atoms in total. The van der Waals surface area contributed by atoms with Crippen LogP contribution in [0.25, 0.3) is 44.3 Å². The molecule has 0 aliphatic carbocycles. The van der Waals surface area contributed by atoms with Crippen molar-refractivity contribution in [3.8, 4) is 28.1 Å². The van der Waals surface area contributed by atoms with Gasteiger partial charge in [0.15, 0.2) is 11.6 Å². The van der Waals surface area contributed by atoms with Crippen LogP contribution < -0.4 is 15.9 Å². The van der Waals surface area contributed by atoms with E-state index in [1.807, 2.05) is 0 Å².